The molecule has 0 bridgehead atoms. The number of thioether (sulfide) groups is 1. The fraction of sp³-hybridized carbons (Fsp3) is 0.190. The van der Waals surface area contributed by atoms with Crippen LogP contribution in [0, 0.1) is 0 Å². The van der Waals surface area contributed by atoms with Crippen LogP contribution in [0.4, 0.5) is 11.4 Å². The molecule has 0 atom stereocenters. The molecule has 0 spiro atoms. The number of carbonyl (C=O) groups excluding carboxylic acids is 1. The van der Waals surface area contributed by atoms with Crippen molar-refractivity contribution >= 4 is 49.8 Å². The maximum Gasteiger partial charge on any atom is 0.262 e. The summed E-state index contributed by atoms with van der Waals surface area (Å²) in [7, 11) is -2.16. The number of ether oxygens (including phenoxy) is 1. The van der Waals surface area contributed by atoms with E-state index in [2.05, 4.69) is 10.0 Å². The normalized spacial score (nSPS) is 12.9. The average molecular weight is 429 g/mol. The quantitative estimate of drug-likeness (QED) is 0.528. The van der Waals surface area contributed by atoms with Crippen LogP contribution in [0.3, 0.4) is 0 Å². The minimum Gasteiger partial charge on any atom is -0.384 e. The van der Waals surface area contributed by atoms with Gasteiger partial charge >= 0.3 is 0 Å². The van der Waals surface area contributed by atoms with Gasteiger partial charge in [0.2, 0.25) is 0 Å². The number of nitrogens with one attached hydrogen (secondary N) is 2. The third-order valence-corrected chi connectivity index (χ3v) is 7.09. The highest BCUT2D eigenvalue weighted by molar-refractivity contribution is 7.98. The van der Waals surface area contributed by atoms with E-state index in [-0.39, 0.29) is 10.8 Å². The maximum atomic E-state index is 13.1. The third kappa shape index (κ3) is 3.96. The average Bonchev–Trinajstić information content (AvgIpc) is 3.03. The Bertz CT molecular complexity index is 1190. The first kappa shape index (κ1) is 19.8. The van der Waals surface area contributed by atoms with Crippen molar-refractivity contribution in [3.8, 4) is 0 Å². The fourth-order valence-electron chi connectivity index (χ4n) is 3.36. The highest BCUT2D eigenvalue weighted by Gasteiger charge is 2.26. The summed E-state index contributed by atoms with van der Waals surface area (Å²) in [5, 5.41) is 3.94. The molecular weight excluding hydrogens is 408 g/mol. The Kier molecular flexibility index (Phi) is 5.49. The Balaban J connectivity index is 1.62. The van der Waals surface area contributed by atoms with E-state index < -0.39 is 10.0 Å². The molecule has 3 aromatic rings. The standard InChI is InChI=1S/C21H20N2O4S2/c1-27-10-11-28-13-14-4-2-5-15(12-14)23-29(25,26)19-9-8-18-20-16(19)6-3-7-17(20)21(24)22-18/h2-9,12,23H,10-11,13H2,1H3,(H,22,24). The van der Waals surface area contributed by atoms with Crippen molar-refractivity contribution in [2.75, 3.05) is 29.5 Å². The van der Waals surface area contributed by atoms with Gasteiger partial charge in [-0.1, -0.05) is 24.3 Å². The molecule has 6 nitrogen and oxygen atoms in total. The van der Waals surface area contributed by atoms with E-state index in [1.165, 1.54) is 6.07 Å². The van der Waals surface area contributed by atoms with E-state index in [1.807, 2.05) is 18.2 Å². The van der Waals surface area contributed by atoms with Crippen molar-refractivity contribution in [1.82, 2.24) is 0 Å². The summed E-state index contributed by atoms with van der Waals surface area (Å²) in [5.41, 5.74) is 2.66. The smallest absolute Gasteiger partial charge is 0.262 e. The van der Waals surface area contributed by atoms with E-state index in [4.69, 9.17) is 4.74 Å². The van der Waals surface area contributed by atoms with Crippen LogP contribution in [0.25, 0.3) is 10.8 Å². The largest absolute Gasteiger partial charge is 0.384 e. The van der Waals surface area contributed by atoms with Gasteiger partial charge in [-0.15, -0.1) is 0 Å². The van der Waals surface area contributed by atoms with Crippen LogP contribution < -0.4 is 10.0 Å². The summed E-state index contributed by atoms with van der Waals surface area (Å²) in [6, 6.07) is 15.6. The van der Waals surface area contributed by atoms with E-state index in [0.29, 0.717) is 34.3 Å². The lowest BCUT2D eigenvalue weighted by atomic mass is 10.1. The molecule has 0 saturated heterocycles. The summed E-state index contributed by atoms with van der Waals surface area (Å²) in [4.78, 5) is 12.2. The topological polar surface area (TPSA) is 84.5 Å². The molecule has 0 aliphatic carbocycles. The van der Waals surface area contributed by atoms with Gasteiger partial charge in [0.25, 0.3) is 15.9 Å². The van der Waals surface area contributed by atoms with Crippen molar-refractivity contribution in [2.45, 2.75) is 10.6 Å². The van der Waals surface area contributed by atoms with E-state index in [9.17, 15) is 13.2 Å². The Labute approximate surface area is 173 Å². The van der Waals surface area contributed by atoms with Gasteiger partial charge in [0, 0.05) is 46.3 Å². The second kappa shape index (κ2) is 8.06. The number of amides is 1. The predicted molar refractivity (Wildman–Crippen MR) is 117 cm³/mol. The molecule has 1 aliphatic rings. The first-order valence-corrected chi connectivity index (χ1v) is 11.7. The number of sulfonamides is 1. The zero-order valence-corrected chi connectivity index (χ0v) is 17.4. The minimum atomic E-state index is -3.82. The number of rotatable bonds is 8. The van der Waals surface area contributed by atoms with Crippen LogP contribution in [-0.2, 0) is 20.5 Å². The number of benzene rings is 3. The molecule has 1 amide bonds. The van der Waals surface area contributed by atoms with Gasteiger partial charge in [-0.05, 0) is 35.9 Å². The van der Waals surface area contributed by atoms with Crippen molar-refractivity contribution < 1.29 is 17.9 Å². The molecule has 3 aromatic carbocycles. The molecule has 0 fully saturated rings. The molecule has 0 unspecified atom stereocenters. The molecule has 8 heteroatoms. The lowest BCUT2D eigenvalue weighted by Gasteiger charge is -2.12. The molecule has 0 radical (unpaired) electrons. The van der Waals surface area contributed by atoms with Crippen LogP contribution in [-0.4, -0.2) is 33.8 Å². The van der Waals surface area contributed by atoms with Crippen molar-refractivity contribution in [3.63, 3.8) is 0 Å². The van der Waals surface area contributed by atoms with Crippen LogP contribution in [0.2, 0.25) is 0 Å². The summed E-state index contributed by atoms with van der Waals surface area (Å²) < 4.78 is 33.9. The van der Waals surface area contributed by atoms with Crippen molar-refractivity contribution in [2.24, 2.45) is 0 Å². The highest BCUT2D eigenvalue weighted by atomic mass is 32.2. The van der Waals surface area contributed by atoms with Crippen molar-refractivity contribution in [1.29, 1.82) is 0 Å². The number of carbonyl (C=O) groups is 1. The molecule has 4 rings (SSSR count). The second-order valence-electron chi connectivity index (χ2n) is 6.64. The molecule has 150 valence electrons. The fourth-order valence-corrected chi connectivity index (χ4v) is 5.46. The molecule has 1 heterocycles. The van der Waals surface area contributed by atoms with Crippen molar-refractivity contribution in [3.05, 3.63) is 65.7 Å². The summed E-state index contributed by atoms with van der Waals surface area (Å²) in [6.07, 6.45) is 0. The molecule has 2 N–H and O–H groups in total. The third-order valence-electron chi connectivity index (χ3n) is 4.66. The van der Waals surface area contributed by atoms with Crippen LogP contribution in [0.1, 0.15) is 15.9 Å². The van der Waals surface area contributed by atoms with Crippen LogP contribution >= 0.6 is 11.8 Å². The van der Waals surface area contributed by atoms with Crippen LogP contribution in [0.5, 0.6) is 0 Å². The molecule has 0 aromatic heterocycles. The molecule has 1 aliphatic heterocycles. The summed E-state index contributed by atoms with van der Waals surface area (Å²) >= 11 is 1.73. The second-order valence-corrected chi connectivity index (χ2v) is 9.40. The van der Waals surface area contributed by atoms with Gasteiger partial charge in [0.1, 0.15) is 0 Å². The first-order chi connectivity index (χ1) is 14.0. The van der Waals surface area contributed by atoms with Gasteiger partial charge in [-0.25, -0.2) is 8.42 Å². The van der Waals surface area contributed by atoms with E-state index in [1.54, 1.807) is 49.2 Å². The number of hydrogen-bond acceptors (Lipinski definition) is 5. The zero-order valence-electron chi connectivity index (χ0n) is 15.8. The Hall–Kier alpha value is -2.55. The number of methoxy groups -OCH3 is 1. The van der Waals surface area contributed by atoms with Crippen LogP contribution in [0.15, 0.2) is 59.5 Å². The summed E-state index contributed by atoms with van der Waals surface area (Å²) in [5.74, 6) is 1.43. The number of hydrogen-bond donors (Lipinski definition) is 2. The predicted octanol–water partition coefficient (Wildman–Crippen LogP) is 4.09. The SMILES string of the molecule is COCCSCc1cccc(NS(=O)(=O)c2ccc3c4c(cccc24)C(=O)N3)c1. The minimum absolute atomic E-state index is 0.148. The molecule has 29 heavy (non-hydrogen) atoms. The van der Waals surface area contributed by atoms with E-state index >= 15 is 0 Å². The Morgan fingerprint density at radius 2 is 1.93 bits per heavy atom. The van der Waals surface area contributed by atoms with Gasteiger partial charge in [-0.3, -0.25) is 9.52 Å². The lowest BCUT2D eigenvalue weighted by Crippen LogP contribution is -2.13. The monoisotopic (exact) mass is 428 g/mol. The highest BCUT2D eigenvalue weighted by Crippen LogP contribution is 2.37. The van der Waals surface area contributed by atoms with Gasteiger partial charge in [-0.2, -0.15) is 11.8 Å². The Morgan fingerprint density at radius 3 is 2.76 bits per heavy atom. The number of anilines is 2. The summed E-state index contributed by atoms with van der Waals surface area (Å²) in [6.45, 7) is 0.680. The Morgan fingerprint density at radius 1 is 1.10 bits per heavy atom. The molecule has 0 saturated carbocycles. The molecular formula is C21H20N2O4S2. The first-order valence-electron chi connectivity index (χ1n) is 9.05. The van der Waals surface area contributed by atoms with Gasteiger partial charge in [0.05, 0.1) is 11.5 Å². The zero-order chi connectivity index (χ0) is 20.4. The van der Waals surface area contributed by atoms with E-state index in [0.717, 1.165) is 17.1 Å². The maximum absolute atomic E-state index is 13.1. The van der Waals surface area contributed by atoms with Gasteiger partial charge < -0.3 is 10.1 Å². The lowest BCUT2D eigenvalue weighted by molar-refractivity contribution is 0.103. The van der Waals surface area contributed by atoms with Gasteiger partial charge in [0.15, 0.2) is 0 Å².